The predicted octanol–water partition coefficient (Wildman–Crippen LogP) is 4.95. The molecule has 0 saturated heterocycles. The summed E-state index contributed by atoms with van der Waals surface area (Å²) in [6, 6.07) is 13.6. The molecule has 0 fully saturated rings. The largest absolute Gasteiger partial charge is 0.383 e. The van der Waals surface area contributed by atoms with Crippen molar-refractivity contribution in [2.45, 2.75) is 20.3 Å². The molecule has 1 amide bonds. The Balaban J connectivity index is 1.62. The number of para-hydroxylation sites is 1. The number of amides is 1. The summed E-state index contributed by atoms with van der Waals surface area (Å²) in [7, 11) is 0. The number of rotatable bonds is 5. The molecule has 1 heterocycles. The molecule has 1 aromatic heterocycles. The quantitative estimate of drug-likeness (QED) is 0.682. The van der Waals surface area contributed by atoms with Crippen molar-refractivity contribution in [3.63, 3.8) is 0 Å². The normalized spacial score (nSPS) is 10.7. The number of pyridine rings is 1. The molecular formula is C20H20ClN3O. The lowest BCUT2D eigenvalue weighted by Crippen LogP contribution is -2.17. The maximum Gasteiger partial charge on any atom is 0.226 e. The zero-order valence-corrected chi connectivity index (χ0v) is 15.0. The van der Waals surface area contributed by atoms with Crippen molar-refractivity contribution in [1.29, 1.82) is 0 Å². The number of fused-ring (bicyclic) bond motifs is 1. The third-order valence-electron chi connectivity index (χ3n) is 3.99. The highest BCUT2D eigenvalue weighted by atomic mass is 35.5. The van der Waals surface area contributed by atoms with Gasteiger partial charge in [0.2, 0.25) is 5.91 Å². The smallest absolute Gasteiger partial charge is 0.226 e. The fourth-order valence-corrected chi connectivity index (χ4v) is 3.25. The van der Waals surface area contributed by atoms with Crippen molar-refractivity contribution in [3.8, 4) is 0 Å². The molecule has 3 aromatic rings. The minimum atomic E-state index is -0.0634. The molecule has 0 bridgehead atoms. The third-order valence-corrected chi connectivity index (χ3v) is 4.29. The van der Waals surface area contributed by atoms with Gasteiger partial charge in [0, 0.05) is 24.5 Å². The molecule has 0 radical (unpaired) electrons. The van der Waals surface area contributed by atoms with E-state index in [1.54, 1.807) is 6.20 Å². The van der Waals surface area contributed by atoms with Crippen LogP contribution in [0.3, 0.4) is 0 Å². The Kier molecular flexibility index (Phi) is 5.19. The summed E-state index contributed by atoms with van der Waals surface area (Å²) in [5, 5.41) is 7.87. The second kappa shape index (κ2) is 7.53. The zero-order chi connectivity index (χ0) is 17.8. The van der Waals surface area contributed by atoms with E-state index in [-0.39, 0.29) is 5.91 Å². The fourth-order valence-electron chi connectivity index (χ4n) is 2.86. The van der Waals surface area contributed by atoms with E-state index in [9.17, 15) is 4.79 Å². The van der Waals surface area contributed by atoms with E-state index >= 15 is 0 Å². The van der Waals surface area contributed by atoms with E-state index in [0.29, 0.717) is 18.0 Å². The monoisotopic (exact) mass is 353 g/mol. The number of nitrogens with one attached hydrogen (secondary N) is 2. The first kappa shape index (κ1) is 17.2. The lowest BCUT2D eigenvalue weighted by atomic mass is 10.1. The Morgan fingerprint density at radius 2 is 1.96 bits per heavy atom. The van der Waals surface area contributed by atoms with Gasteiger partial charge in [-0.15, -0.1) is 0 Å². The summed E-state index contributed by atoms with van der Waals surface area (Å²) >= 11 is 6.27. The van der Waals surface area contributed by atoms with Gasteiger partial charge in [-0.1, -0.05) is 35.9 Å². The van der Waals surface area contributed by atoms with Gasteiger partial charge < -0.3 is 10.6 Å². The van der Waals surface area contributed by atoms with Crippen LogP contribution in [0.25, 0.3) is 10.9 Å². The summed E-state index contributed by atoms with van der Waals surface area (Å²) in [5.41, 5.74) is 4.60. The number of benzene rings is 2. The first-order chi connectivity index (χ1) is 12.0. The molecule has 0 aliphatic carbocycles. The standard InChI is InChI=1S/C20H20ClN3O/c1-13-11-14(2)19(16(21)12-13)23-10-8-18(25)24-17-7-3-5-15-6-4-9-22-20(15)17/h3-7,9,11-12,23H,8,10H2,1-2H3,(H,24,25). The van der Waals surface area contributed by atoms with Crippen molar-refractivity contribution in [2.75, 3.05) is 17.2 Å². The summed E-state index contributed by atoms with van der Waals surface area (Å²) in [5.74, 6) is -0.0634. The molecule has 2 N–H and O–H groups in total. The summed E-state index contributed by atoms with van der Waals surface area (Å²) in [4.78, 5) is 16.6. The topological polar surface area (TPSA) is 54.0 Å². The van der Waals surface area contributed by atoms with Gasteiger partial charge >= 0.3 is 0 Å². The average molecular weight is 354 g/mol. The molecule has 3 rings (SSSR count). The van der Waals surface area contributed by atoms with Crippen molar-refractivity contribution in [2.24, 2.45) is 0 Å². The molecule has 4 nitrogen and oxygen atoms in total. The van der Waals surface area contributed by atoms with Crippen LogP contribution in [-0.4, -0.2) is 17.4 Å². The van der Waals surface area contributed by atoms with Crippen LogP contribution < -0.4 is 10.6 Å². The number of hydrogen-bond acceptors (Lipinski definition) is 3. The van der Waals surface area contributed by atoms with Crippen LogP contribution >= 0.6 is 11.6 Å². The average Bonchev–Trinajstić information content (AvgIpc) is 2.57. The highest BCUT2D eigenvalue weighted by molar-refractivity contribution is 6.33. The van der Waals surface area contributed by atoms with E-state index in [1.807, 2.05) is 50.2 Å². The number of anilines is 2. The second-order valence-electron chi connectivity index (χ2n) is 6.04. The van der Waals surface area contributed by atoms with Crippen LogP contribution in [-0.2, 0) is 4.79 Å². The lowest BCUT2D eigenvalue weighted by Gasteiger charge is -2.13. The Labute approximate surface area is 152 Å². The molecule has 0 unspecified atom stereocenters. The summed E-state index contributed by atoms with van der Waals surface area (Å²) < 4.78 is 0. The molecule has 0 saturated carbocycles. The highest BCUT2D eigenvalue weighted by Crippen LogP contribution is 2.27. The minimum Gasteiger partial charge on any atom is -0.383 e. The van der Waals surface area contributed by atoms with Crippen LogP contribution in [0, 0.1) is 13.8 Å². The van der Waals surface area contributed by atoms with Crippen LogP contribution in [0.2, 0.25) is 5.02 Å². The number of carbonyl (C=O) groups excluding carboxylic acids is 1. The van der Waals surface area contributed by atoms with E-state index in [2.05, 4.69) is 21.7 Å². The molecule has 25 heavy (non-hydrogen) atoms. The molecule has 128 valence electrons. The predicted molar refractivity (Wildman–Crippen MR) is 104 cm³/mol. The van der Waals surface area contributed by atoms with E-state index in [4.69, 9.17) is 11.6 Å². The number of nitrogens with zero attached hydrogens (tertiary/aromatic N) is 1. The molecule has 5 heteroatoms. The van der Waals surface area contributed by atoms with Crippen LogP contribution in [0.4, 0.5) is 11.4 Å². The number of aryl methyl sites for hydroxylation is 2. The van der Waals surface area contributed by atoms with Gasteiger partial charge in [0.25, 0.3) is 0 Å². The number of halogens is 1. The van der Waals surface area contributed by atoms with Crippen LogP contribution in [0.1, 0.15) is 17.5 Å². The SMILES string of the molecule is Cc1cc(C)c(NCCC(=O)Nc2cccc3cccnc23)c(Cl)c1. The third kappa shape index (κ3) is 4.09. The molecule has 2 aromatic carbocycles. The van der Waals surface area contributed by atoms with E-state index in [1.165, 1.54) is 0 Å². The van der Waals surface area contributed by atoms with E-state index < -0.39 is 0 Å². The maximum absolute atomic E-state index is 12.3. The second-order valence-corrected chi connectivity index (χ2v) is 6.45. The van der Waals surface area contributed by atoms with Crippen LogP contribution in [0.15, 0.2) is 48.7 Å². The first-order valence-corrected chi connectivity index (χ1v) is 8.56. The van der Waals surface area contributed by atoms with Crippen molar-refractivity contribution >= 4 is 39.8 Å². The van der Waals surface area contributed by atoms with Crippen molar-refractivity contribution in [1.82, 2.24) is 4.98 Å². The summed E-state index contributed by atoms with van der Waals surface area (Å²) in [6.07, 6.45) is 2.06. The van der Waals surface area contributed by atoms with Gasteiger partial charge in [0.05, 0.1) is 21.9 Å². The molecule has 0 aliphatic heterocycles. The molecular weight excluding hydrogens is 334 g/mol. The van der Waals surface area contributed by atoms with Gasteiger partial charge in [0.1, 0.15) is 0 Å². The first-order valence-electron chi connectivity index (χ1n) is 8.19. The number of carbonyl (C=O) groups is 1. The summed E-state index contributed by atoms with van der Waals surface area (Å²) in [6.45, 7) is 4.52. The zero-order valence-electron chi connectivity index (χ0n) is 14.3. The van der Waals surface area contributed by atoms with Gasteiger partial charge in [0.15, 0.2) is 0 Å². The Morgan fingerprint density at radius 1 is 1.16 bits per heavy atom. The van der Waals surface area contributed by atoms with E-state index in [0.717, 1.165) is 33.4 Å². The van der Waals surface area contributed by atoms with Crippen molar-refractivity contribution < 1.29 is 4.79 Å². The van der Waals surface area contributed by atoms with Gasteiger partial charge in [-0.2, -0.15) is 0 Å². The fraction of sp³-hybridized carbons (Fsp3) is 0.200. The number of hydrogen-bond donors (Lipinski definition) is 2. The lowest BCUT2D eigenvalue weighted by molar-refractivity contribution is -0.115. The van der Waals surface area contributed by atoms with Gasteiger partial charge in [-0.05, 0) is 43.2 Å². The maximum atomic E-state index is 12.3. The minimum absolute atomic E-state index is 0.0634. The van der Waals surface area contributed by atoms with Gasteiger partial charge in [-0.3, -0.25) is 9.78 Å². The molecule has 0 spiro atoms. The highest BCUT2D eigenvalue weighted by Gasteiger charge is 2.08. The Morgan fingerprint density at radius 3 is 2.76 bits per heavy atom. The van der Waals surface area contributed by atoms with Gasteiger partial charge in [-0.25, -0.2) is 0 Å². The molecule has 0 aliphatic rings. The Hall–Kier alpha value is -2.59. The van der Waals surface area contributed by atoms with Crippen LogP contribution in [0.5, 0.6) is 0 Å². The molecule has 0 atom stereocenters. The number of aromatic nitrogens is 1. The van der Waals surface area contributed by atoms with Crippen molar-refractivity contribution in [3.05, 3.63) is 64.8 Å². The Bertz CT molecular complexity index is 895.